The maximum atomic E-state index is 5.53. The summed E-state index contributed by atoms with van der Waals surface area (Å²) in [5, 5.41) is 7.61. The van der Waals surface area contributed by atoms with Gasteiger partial charge in [0.15, 0.2) is 5.15 Å². The molecule has 0 fully saturated rings. The molecule has 0 amide bonds. The predicted molar refractivity (Wildman–Crippen MR) is 39.8 cm³/mol. The number of hydrogen-bond donors (Lipinski definition) is 0. The summed E-state index contributed by atoms with van der Waals surface area (Å²) in [7, 11) is 0. The smallest absolute Gasteiger partial charge is 0.158 e. The molecule has 0 aliphatic heterocycles. The second-order valence-corrected chi connectivity index (χ2v) is 2.69. The molecule has 0 radical (unpaired) electrons. The van der Waals surface area contributed by atoms with E-state index in [2.05, 4.69) is 32.8 Å². The molecule has 1 aromatic rings. The van der Waals surface area contributed by atoms with E-state index < -0.39 is 0 Å². The molecule has 0 N–H and O–H groups in total. The predicted octanol–water partition coefficient (Wildman–Crippen LogP) is 1.73. The zero-order chi connectivity index (χ0) is 5.98. The van der Waals surface area contributed by atoms with Crippen molar-refractivity contribution >= 4 is 34.2 Å². The minimum atomic E-state index is 0.466. The van der Waals surface area contributed by atoms with E-state index in [9.17, 15) is 0 Å². The summed E-state index contributed by atoms with van der Waals surface area (Å²) in [6, 6.07) is 1.80. The molecule has 0 unspecified atom stereocenters. The molecule has 0 aliphatic carbocycles. The van der Waals surface area contributed by atoms with Crippen LogP contribution in [0.1, 0.15) is 0 Å². The van der Waals surface area contributed by atoms with Crippen LogP contribution < -0.4 is 0 Å². The van der Waals surface area contributed by atoms with Crippen LogP contribution in [0, 0.1) is 3.57 Å². The summed E-state index contributed by atoms with van der Waals surface area (Å²) in [6.45, 7) is 0. The number of hydrogen-bond acceptors (Lipinski definition) is 2. The van der Waals surface area contributed by atoms with Gasteiger partial charge in [-0.1, -0.05) is 11.6 Å². The average molecular weight is 240 g/mol. The molecule has 0 saturated heterocycles. The van der Waals surface area contributed by atoms with Gasteiger partial charge in [-0.05, 0) is 28.7 Å². The third-order valence-corrected chi connectivity index (χ3v) is 2.10. The molecular formula is C4H2ClIN2. The molecule has 0 atom stereocenters. The van der Waals surface area contributed by atoms with Crippen LogP contribution in [0.3, 0.4) is 0 Å². The topological polar surface area (TPSA) is 25.8 Å². The van der Waals surface area contributed by atoms with Gasteiger partial charge >= 0.3 is 0 Å². The summed E-state index contributed by atoms with van der Waals surface area (Å²) in [4.78, 5) is 0. The van der Waals surface area contributed by atoms with Crippen molar-refractivity contribution in [3.63, 3.8) is 0 Å². The Kier molecular flexibility index (Phi) is 2.01. The van der Waals surface area contributed by atoms with Crippen molar-refractivity contribution in [3.05, 3.63) is 21.0 Å². The van der Waals surface area contributed by atoms with Crippen molar-refractivity contribution in [1.29, 1.82) is 0 Å². The van der Waals surface area contributed by atoms with E-state index in [1.807, 2.05) is 0 Å². The van der Waals surface area contributed by atoms with Crippen LogP contribution in [0.4, 0.5) is 0 Å². The Morgan fingerprint density at radius 3 is 2.75 bits per heavy atom. The highest BCUT2D eigenvalue weighted by atomic mass is 127. The second kappa shape index (κ2) is 2.59. The first kappa shape index (κ1) is 6.22. The van der Waals surface area contributed by atoms with Gasteiger partial charge in [-0.25, -0.2) is 0 Å². The molecule has 1 aromatic heterocycles. The van der Waals surface area contributed by atoms with Crippen molar-refractivity contribution in [2.24, 2.45) is 0 Å². The molecule has 1 rings (SSSR count). The van der Waals surface area contributed by atoms with E-state index in [4.69, 9.17) is 11.6 Å². The van der Waals surface area contributed by atoms with Gasteiger partial charge in [0.25, 0.3) is 0 Å². The lowest BCUT2D eigenvalue weighted by atomic mass is 10.6. The van der Waals surface area contributed by atoms with E-state index in [-0.39, 0.29) is 0 Å². The summed E-state index contributed by atoms with van der Waals surface area (Å²) in [6.07, 6.45) is 1.60. The Labute approximate surface area is 65.4 Å². The SMILES string of the molecule is Clc1nnccc1I. The molecule has 8 heavy (non-hydrogen) atoms. The maximum absolute atomic E-state index is 5.53. The van der Waals surface area contributed by atoms with Crippen LogP contribution in [-0.4, -0.2) is 10.2 Å². The van der Waals surface area contributed by atoms with Gasteiger partial charge in [-0.3, -0.25) is 0 Å². The fraction of sp³-hybridized carbons (Fsp3) is 0. The minimum Gasteiger partial charge on any atom is -0.158 e. The molecule has 0 aliphatic rings. The molecule has 0 bridgehead atoms. The van der Waals surface area contributed by atoms with E-state index in [1.165, 1.54) is 0 Å². The first-order valence-corrected chi connectivity index (χ1v) is 3.39. The Bertz CT molecular complexity index is 170. The van der Waals surface area contributed by atoms with Gasteiger partial charge in [-0.15, -0.1) is 5.10 Å². The van der Waals surface area contributed by atoms with Crippen molar-refractivity contribution in [2.45, 2.75) is 0 Å². The molecule has 42 valence electrons. The van der Waals surface area contributed by atoms with Crippen molar-refractivity contribution in [1.82, 2.24) is 10.2 Å². The van der Waals surface area contributed by atoms with Gasteiger partial charge in [0.1, 0.15) is 0 Å². The lowest BCUT2D eigenvalue weighted by molar-refractivity contribution is 1.02. The van der Waals surface area contributed by atoms with E-state index in [0.29, 0.717) is 5.15 Å². The van der Waals surface area contributed by atoms with E-state index in [1.54, 1.807) is 12.3 Å². The summed E-state index contributed by atoms with van der Waals surface area (Å²) >= 11 is 7.62. The molecule has 0 aromatic carbocycles. The quantitative estimate of drug-likeness (QED) is 0.646. The highest BCUT2D eigenvalue weighted by Gasteiger charge is 1.91. The van der Waals surface area contributed by atoms with Crippen LogP contribution in [0.5, 0.6) is 0 Å². The molecule has 0 spiro atoms. The lowest BCUT2D eigenvalue weighted by Crippen LogP contribution is -1.81. The third-order valence-electron chi connectivity index (χ3n) is 0.630. The maximum Gasteiger partial charge on any atom is 0.164 e. The standard InChI is InChI=1S/C4H2ClIN2/c5-4-3(6)1-2-7-8-4/h1-2H. The number of rotatable bonds is 0. The molecule has 0 saturated carbocycles. The molecule has 4 heteroatoms. The Hall–Kier alpha value is 0.100. The van der Waals surface area contributed by atoms with Crippen LogP contribution in [0.2, 0.25) is 5.15 Å². The first-order valence-electron chi connectivity index (χ1n) is 1.93. The number of halogens is 2. The Balaban J connectivity index is 3.13. The van der Waals surface area contributed by atoms with Gasteiger partial charge in [0, 0.05) is 0 Å². The Morgan fingerprint density at radius 1 is 1.62 bits per heavy atom. The normalized spacial score (nSPS) is 9.25. The summed E-state index contributed by atoms with van der Waals surface area (Å²) < 4.78 is 0.930. The minimum absolute atomic E-state index is 0.466. The zero-order valence-corrected chi connectivity index (χ0v) is 6.72. The van der Waals surface area contributed by atoms with E-state index >= 15 is 0 Å². The fourth-order valence-corrected chi connectivity index (χ4v) is 0.675. The summed E-state index contributed by atoms with van der Waals surface area (Å²) in [5.41, 5.74) is 0. The van der Waals surface area contributed by atoms with Crippen molar-refractivity contribution in [2.75, 3.05) is 0 Å². The Morgan fingerprint density at radius 2 is 2.38 bits per heavy atom. The van der Waals surface area contributed by atoms with E-state index in [0.717, 1.165) is 3.57 Å². The summed E-state index contributed by atoms with van der Waals surface area (Å²) in [5.74, 6) is 0. The number of aromatic nitrogens is 2. The molecule has 1 heterocycles. The molecule has 2 nitrogen and oxygen atoms in total. The van der Waals surface area contributed by atoms with Crippen molar-refractivity contribution in [3.8, 4) is 0 Å². The lowest BCUT2D eigenvalue weighted by Gasteiger charge is -1.86. The number of nitrogens with zero attached hydrogens (tertiary/aromatic N) is 2. The average Bonchev–Trinajstić information content (AvgIpc) is 1.77. The first-order chi connectivity index (χ1) is 3.80. The van der Waals surface area contributed by atoms with Gasteiger partial charge in [0.05, 0.1) is 9.77 Å². The van der Waals surface area contributed by atoms with Crippen LogP contribution in [-0.2, 0) is 0 Å². The highest BCUT2D eigenvalue weighted by Crippen LogP contribution is 2.11. The van der Waals surface area contributed by atoms with Crippen LogP contribution in [0.15, 0.2) is 12.3 Å². The van der Waals surface area contributed by atoms with Crippen molar-refractivity contribution < 1.29 is 0 Å². The van der Waals surface area contributed by atoms with Gasteiger partial charge in [0.2, 0.25) is 0 Å². The second-order valence-electron chi connectivity index (χ2n) is 1.17. The molecular weight excluding hydrogens is 238 g/mol. The zero-order valence-electron chi connectivity index (χ0n) is 3.81. The van der Waals surface area contributed by atoms with Crippen LogP contribution >= 0.6 is 34.2 Å². The fourth-order valence-electron chi connectivity index (χ4n) is 0.299. The van der Waals surface area contributed by atoms with Crippen LogP contribution in [0.25, 0.3) is 0 Å². The largest absolute Gasteiger partial charge is 0.164 e. The third kappa shape index (κ3) is 1.29. The monoisotopic (exact) mass is 240 g/mol. The van der Waals surface area contributed by atoms with Gasteiger partial charge in [-0.2, -0.15) is 5.10 Å². The highest BCUT2D eigenvalue weighted by molar-refractivity contribution is 14.1. The van der Waals surface area contributed by atoms with Gasteiger partial charge < -0.3 is 0 Å².